The van der Waals surface area contributed by atoms with Crippen LogP contribution in [0.4, 0.5) is 4.39 Å². The van der Waals surface area contributed by atoms with Crippen LogP contribution < -0.4 is 0 Å². The van der Waals surface area contributed by atoms with Crippen LogP contribution in [0.3, 0.4) is 0 Å². The number of halogens is 2. The van der Waals surface area contributed by atoms with Crippen molar-refractivity contribution in [2.45, 2.75) is 25.8 Å². The number of likely N-dealkylation sites (tertiary alicyclic amines) is 1. The van der Waals surface area contributed by atoms with Crippen LogP contribution in [-0.2, 0) is 0 Å². The third-order valence-electron chi connectivity index (χ3n) is 4.05. The minimum Gasteiger partial charge on any atom is -0.331 e. The molecule has 1 fully saturated rings. The van der Waals surface area contributed by atoms with E-state index in [1.54, 1.807) is 12.1 Å². The number of hydrogen-bond acceptors (Lipinski definition) is 2. The number of likely N-dealkylation sites (N-methyl/N-ethyl adjacent to an activating group) is 1. The highest BCUT2D eigenvalue weighted by Crippen LogP contribution is 2.29. The lowest BCUT2D eigenvalue weighted by Gasteiger charge is -2.32. The van der Waals surface area contributed by atoms with Crippen molar-refractivity contribution in [2.75, 3.05) is 19.6 Å². The average molecular weight is 358 g/mol. The lowest BCUT2D eigenvalue weighted by atomic mass is 10.1. The van der Waals surface area contributed by atoms with Gasteiger partial charge in [0.1, 0.15) is 5.82 Å². The molecule has 1 atom stereocenters. The van der Waals surface area contributed by atoms with Crippen LogP contribution in [0.2, 0.25) is 0 Å². The maximum atomic E-state index is 13.8. The highest BCUT2D eigenvalue weighted by Gasteiger charge is 2.22. The molecule has 20 heavy (non-hydrogen) atoms. The Kier molecular flexibility index (Phi) is 3.97. The number of hydrogen-bond donors (Lipinski definition) is 1. The number of rotatable bonds is 2. The molecule has 0 spiro atoms. The van der Waals surface area contributed by atoms with Crippen molar-refractivity contribution in [2.24, 2.45) is 0 Å². The molecular weight excluding hydrogens is 341 g/mol. The highest BCUT2D eigenvalue weighted by molar-refractivity contribution is 9.10. The standard InChI is InChI=1S/C14H17BrFN3S/c1-2-18-5-3-4-9(8-18)19-13-7-11(16)10(15)6-12(13)17-14(19)20/h6-7,9H,2-5,8H2,1H3,(H,17,20). The van der Waals surface area contributed by atoms with Crippen molar-refractivity contribution >= 4 is 39.2 Å². The van der Waals surface area contributed by atoms with E-state index in [0.717, 1.165) is 43.5 Å². The summed E-state index contributed by atoms with van der Waals surface area (Å²) in [6.07, 6.45) is 2.25. The van der Waals surface area contributed by atoms with Crippen LogP contribution in [0.5, 0.6) is 0 Å². The van der Waals surface area contributed by atoms with E-state index in [0.29, 0.717) is 15.3 Å². The molecule has 3 nitrogen and oxygen atoms in total. The van der Waals surface area contributed by atoms with Crippen LogP contribution in [0.1, 0.15) is 25.8 Å². The summed E-state index contributed by atoms with van der Waals surface area (Å²) in [5, 5.41) is 0. The molecule has 0 bridgehead atoms. The van der Waals surface area contributed by atoms with E-state index >= 15 is 0 Å². The lowest BCUT2D eigenvalue weighted by Crippen LogP contribution is -2.36. The zero-order valence-corrected chi connectivity index (χ0v) is 13.7. The summed E-state index contributed by atoms with van der Waals surface area (Å²) in [5.41, 5.74) is 1.75. The summed E-state index contributed by atoms with van der Waals surface area (Å²) in [6, 6.07) is 3.65. The van der Waals surface area contributed by atoms with Crippen molar-refractivity contribution < 1.29 is 4.39 Å². The fraction of sp³-hybridized carbons (Fsp3) is 0.500. The number of aromatic nitrogens is 2. The third kappa shape index (κ3) is 2.44. The first kappa shape index (κ1) is 14.2. The van der Waals surface area contributed by atoms with Gasteiger partial charge in [0.05, 0.1) is 15.5 Å². The number of fused-ring (bicyclic) bond motifs is 1. The average Bonchev–Trinajstić information content (AvgIpc) is 2.74. The maximum Gasteiger partial charge on any atom is 0.178 e. The zero-order chi connectivity index (χ0) is 14.3. The molecule has 108 valence electrons. The van der Waals surface area contributed by atoms with Gasteiger partial charge in [0.2, 0.25) is 0 Å². The van der Waals surface area contributed by atoms with Gasteiger partial charge in [-0.1, -0.05) is 6.92 Å². The van der Waals surface area contributed by atoms with Crippen molar-refractivity contribution in [1.82, 2.24) is 14.5 Å². The molecule has 2 aromatic rings. The summed E-state index contributed by atoms with van der Waals surface area (Å²) < 4.78 is 17.1. The van der Waals surface area contributed by atoms with Crippen LogP contribution in [0.15, 0.2) is 16.6 Å². The molecular formula is C14H17BrFN3S. The van der Waals surface area contributed by atoms with Crippen molar-refractivity contribution in [3.63, 3.8) is 0 Å². The normalized spacial score (nSPS) is 20.6. The number of nitrogens with zero attached hydrogens (tertiary/aromatic N) is 2. The van der Waals surface area contributed by atoms with Crippen LogP contribution >= 0.6 is 28.1 Å². The van der Waals surface area contributed by atoms with E-state index in [1.165, 1.54) is 0 Å². The first-order valence-corrected chi connectivity index (χ1v) is 8.12. The molecule has 0 saturated carbocycles. The van der Waals surface area contributed by atoms with E-state index in [-0.39, 0.29) is 5.82 Å². The predicted octanol–water partition coefficient (Wildman–Crippen LogP) is 4.26. The Bertz CT molecular complexity index is 694. The second kappa shape index (κ2) is 5.58. The smallest absolute Gasteiger partial charge is 0.178 e. The summed E-state index contributed by atoms with van der Waals surface area (Å²) in [7, 11) is 0. The van der Waals surface area contributed by atoms with Crippen LogP contribution in [0.25, 0.3) is 11.0 Å². The zero-order valence-electron chi connectivity index (χ0n) is 11.3. The first-order chi connectivity index (χ1) is 9.60. The van der Waals surface area contributed by atoms with Gasteiger partial charge in [0.15, 0.2) is 4.77 Å². The van der Waals surface area contributed by atoms with Crippen molar-refractivity contribution in [3.8, 4) is 0 Å². The van der Waals surface area contributed by atoms with Crippen molar-refractivity contribution in [1.29, 1.82) is 0 Å². The van der Waals surface area contributed by atoms with Crippen molar-refractivity contribution in [3.05, 3.63) is 27.2 Å². The number of benzene rings is 1. The molecule has 3 rings (SSSR count). The fourth-order valence-corrected chi connectivity index (χ4v) is 3.71. The molecule has 0 aliphatic carbocycles. The Morgan fingerprint density at radius 3 is 3.05 bits per heavy atom. The van der Waals surface area contributed by atoms with E-state index in [4.69, 9.17) is 12.2 Å². The van der Waals surface area contributed by atoms with E-state index < -0.39 is 0 Å². The molecule has 1 N–H and O–H groups in total. The minimum atomic E-state index is -0.247. The second-order valence-corrected chi connectivity index (χ2v) is 6.51. The van der Waals surface area contributed by atoms with Gasteiger partial charge >= 0.3 is 0 Å². The molecule has 1 aliphatic heterocycles. The monoisotopic (exact) mass is 357 g/mol. The number of imidazole rings is 1. The third-order valence-corrected chi connectivity index (χ3v) is 4.96. The van der Waals surface area contributed by atoms with Gasteiger partial charge < -0.3 is 14.5 Å². The molecule has 1 saturated heterocycles. The number of nitrogens with one attached hydrogen (secondary N) is 1. The van der Waals surface area contributed by atoms with Gasteiger partial charge in [0.25, 0.3) is 0 Å². The first-order valence-electron chi connectivity index (χ1n) is 6.91. The molecule has 1 aromatic heterocycles. The molecule has 1 aliphatic rings. The Morgan fingerprint density at radius 1 is 1.50 bits per heavy atom. The summed E-state index contributed by atoms with van der Waals surface area (Å²) in [6.45, 7) is 5.35. The largest absolute Gasteiger partial charge is 0.331 e. The molecule has 6 heteroatoms. The van der Waals surface area contributed by atoms with Gasteiger partial charge in [-0.2, -0.15) is 0 Å². The lowest BCUT2D eigenvalue weighted by molar-refractivity contribution is 0.186. The van der Waals surface area contributed by atoms with E-state index in [9.17, 15) is 4.39 Å². The van der Waals surface area contributed by atoms with E-state index in [2.05, 4.69) is 37.3 Å². The Hall–Kier alpha value is -0.720. The summed E-state index contributed by atoms with van der Waals surface area (Å²) >= 11 is 8.67. The summed E-state index contributed by atoms with van der Waals surface area (Å²) in [4.78, 5) is 5.61. The summed E-state index contributed by atoms with van der Waals surface area (Å²) in [5.74, 6) is -0.247. The number of piperidine rings is 1. The molecule has 1 unspecified atom stereocenters. The molecule has 0 radical (unpaired) electrons. The molecule has 1 aromatic carbocycles. The quantitative estimate of drug-likeness (QED) is 0.812. The number of aromatic amines is 1. The van der Waals surface area contributed by atoms with Gasteiger partial charge in [-0.3, -0.25) is 0 Å². The fourth-order valence-electron chi connectivity index (χ4n) is 3.01. The Labute approximate surface area is 130 Å². The SMILES string of the molecule is CCN1CCCC(n2c(=S)[nH]c3cc(Br)c(F)cc32)C1. The molecule has 2 heterocycles. The second-order valence-electron chi connectivity index (χ2n) is 5.27. The molecule has 0 amide bonds. The Balaban J connectivity index is 2.08. The van der Waals surface area contributed by atoms with Gasteiger partial charge in [-0.15, -0.1) is 0 Å². The minimum absolute atomic E-state index is 0.247. The van der Waals surface area contributed by atoms with Gasteiger partial charge in [-0.05, 0) is 60.1 Å². The van der Waals surface area contributed by atoms with Gasteiger partial charge in [0, 0.05) is 18.7 Å². The maximum absolute atomic E-state index is 13.8. The number of H-pyrrole nitrogens is 1. The van der Waals surface area contributed by atoms with E-state index in [1.807, 2.05) is 0 Å². The van der Waals surface area contributed by atoms with Gasteiger partial charge in [-0.25, -0.2) is 4.39 Å². The van der Waals surface area contributed by atoms with Crippen LogP contribution in [-0.4, -0.2) is 34.1 Å². The van der Waals surface area contributed by atoms with Crippen LogP contribution in [0, 0.1) is 10.6 Å². The topological polar surface area (TPSA) is 24.0 Å². The highest BCUT2D eigenvalue weighted by atomic mass is 79.9. The Morgan fingerprint density at radius 2 is 2.30 bits per heavy atom. The predicted molar refractivity (Wildman–Crippen MR) is 85.2 cm³/mol.